The second-order valence-corrected chi connectivity index (χ2v) is 4.55. The van der Waals surface area contributed by atoms with Gasteiger partial charge in [-0.25, -0.2) is 0 Å². The molecule has 0 fully saturated rings. The number of nitrogens with one attached hydrogen (secondary N) is 1. The van der Waals surface area contributed by atoms with Crippen molar-refractivity contribution in [2.24, 2.45) is 5.73 Å². The SMILES string of the molecule is Cc1ccc(O)c(CNc2ccc(OCC(N)=O)cc2)n1. The van der Waals surface area contributed by atoms with Gasteiger partial charge in [0.05, 0.1) is 6.54 Å². The number of pyridine rings is 1. The zero-order valence-electron chi connectivity index (χ0n) is 11.7. The van der Waals surface area contributed by atoms with Crippen LogP contribution in [0.25, 0.3) is 0 Å². The van der Waals surface area contributed by atoms with E-state index in [2.05, 4.69) is 10.3 Å². The zero-order valence-corrected chi connectivity index (χ0v) is 11.7. The molecule has 1 heterocycles. The van der Waals surface area contributed by atoms with Gasteiger partial charge in [-0.05, 0) is 43.3 Å². The normalized spacial score (nSPS) is 10.1. The fourth-order valence-electron chi connectivity index (χ4n) is 1.74. The third-order valence-corrected chi connectivity index (χ3v) is 2.78. The van der Waals surface area contributed by atoms with Gasteiger partial charge >= 0.3 is 0 Å². The molecule has 1 aromatic carbocycles. The molecule has 0 aliphatic carbocycles. The summed E-state index contributed by atoms with van der Waals surface area (Å²) in [6, 6.07) is 10.5. The highest BCUT2D eigenvalue weighted by Gasteiger charge is 2.03. The molecule has 0 aliphatic heterocycles. The van der Waals surface area contributed by atoms with E-state index in [1.165, 1.54) is 0 Å². The number of hydrogen-bond donors (Lipinski definition) is 3. The van der Waals surface area contributed by atoms with E-state index in [1.54, 1.807) is 24.3 Å². The number of benzene rings is 1. The highest BCUT2D eigenvalue weighted by Crippen LogP contribution is 2.19. The Morgan fingerprint density at radius 1 is 1.29 bits per heavy atom. The molecule has 0 aliphatic rings. The number of aryl methyl sites for hydroxylation is 1. The largest absolute Gasteiger partial charge is 0.506 e. The van der Waals surface area contributed by atoms with Crippen LogP contribution in [0.2, 0.25) is 0 Å². The van der Waals surface area contributed by atoms with Crippen molar-refractivity contribution in [3.05, 3.63) is 47.8 Å². The minimum atomic E-state index is -0.516. The van der Waals surface area contributed by atoms with Crippen molar-refractivity contribution in [2.75, 3.05) is 11.9 Å². The number of amides is 1. The summed E-state index contributed by atoms with van der Waals surface area (Å²) in [4.78, 5) is 14.9. The van der Waals surface area contributed by atoms with Crippen molar-refractivity contribution < 1.29 is 14.6 Å². The van der Waals surface area contributed by atoms with E-state index in [-0.39, 0.29) is 12.4 Å². The lowest BCUT2D eigenvalue weighted by Gasteiger charge is -2.09. The van der Waals surface area contributed by atoms with Gasteiger partial charge in [0.25, 0.3) is 5.91 Å². The lowest BCUT2D eigenvalue weighted by atomic mass is 10.2. The fraction of sp³-hybridized carbons (Fsp3) is 0.200. The molecule has 6 heteroatoms. The first-order valence-corrected chi connectivity index (χ1v) is 6.45. The van der Waals surface area contributed by atoms with Crippen molar-refractivity contribution in [1.82, 2.24) is 4.98 Å². The summed E-state index contributed by atoms with van der Waals surface area (Å²) in [5.74, 6) is 0.212. The predicted octanol–water partition coefficient (Wildman–Crippen LogP) is 1.57. The van der Waals surface area contributed by atoms with Gasteiger partial charge < -0.3 is 20.9 Å². The first-order chi connectivity index (χ1) is 10.0. The lowest BCUT2D eigenvalue weighted by Crippen LogP contribution is -2.19. The van der Waals surface area contributed by atoms with Gasteiger partial charge in [-0.15, -0.1) is 0 Å². The van der Waals surface area contributed by atoms with Crippen molar-refractivity contribution in [1.29, 1.82) is 0 Å². The standard InChI is InChI=1S/C15H17N3O3/c1-10-2-7-14(19)13(18-10)8-17-11-3-5-12(6-4-11)21-9-15(16)20/h2-7,17,19H,8-9H2,1H3,(H2,16,20). The van der Waals surface area contributed by atoms with Gasteiger partial charge in [-0.3, -0.25) is 9.78 Å². The van der Waals surface area contributed by atoms with Crippen molar-refractivity contribution in [2.45, 2.75) is 13.5 Å². The monoisotopic (exact) mass is 287 g/mol. The van der Waals surface area contributed by atoms with Crippen LogP contribution >= 0.6 is 0 Å². The van der Waals surface area contributed by atoms with Crippen molar-refractivity contribution in [3.8, 4) is 11.5 Å². The average Bonchev–Trinajstić information content (AvgIpc) is 2.47. The molecule has 0 atom stereocenters. The molecule has 1 aromatic heterocycles. The third kappa shape index (κ3) is 4.38. The van der Waals surface area contributed by atoms with Gasteiger partial charge in [0.1, 0.15) is 17.2 Å². The van der Waals surface area contributed by atoms with Crippen LogP contribution in [0.3, 0.4) is 0 Å². The summed E-state index contributed by atoms with van der Waals surface area (Å²) in [6.07, 6.45) is 0. The van der Waals surface area contributed by atoms with Gasteiger partial charge in [0.2, 0.25) is 0 Å². The highest BCUT2D eigenvalue weighted by atomic mass is 16.5. The molecule has 0 saturated carbocycles. The van der Waals surface area contributed by atoms with E-state index in [1.807, 2.05) is 19.1 Å². The second-order valence-electron chi connectivity index (χ2n) is 4.55. The topological polar surface area (TPSA) is 97.5 Å². The second kappa shape index (κ2) is 6.60. The molecule has 110 valence electrons. The van der Waals surface area contributed by atoms with E-state index in [0.29, 0.717) is 18.0 Å². The Bertz CT molecular complexity index is 627. The van der Waals surface area contributed by atoms with Crippen molar-refractivity contribution >= 4 is 11.6 Å². The predicted molar refractivity (Wildman–Crippen MR) is 79.1 cm³/mol. The average molecular weight is 287 g/mol. The number of ether oxygens (including phenoxy) is 1. The van der Waals surface area contributed by atoms with E-state index in [4.69, 9.17) is 10.5 Å². The van der Waals surface area contributed by atoms with E-state index in [0.717, 1.165) is 11.4 Å². The van der Waals surface area contributed by atoms with Gasteiger partial charge in [-0.1, -0.05) is 0 Å². The van der Waals surface area contributed by atoms with Crippen molar-refractivity contribution in [3.63, 3.8) is 0 Å². The minimum absolute atomic E-state index is 0.145. The maximum atomic E-state index is 10.6. The summed E-state index contributed by atoms with van der Waals surface area (Å²) in [5, 5.41) is 12.9. The molecule has 0 radical (unpaired) electrons. The summed E-state index contributed by atoms with van der Waals surface area (Å²) in [7, 11) is 0. The molecule has 0 spiro atoms. The molecular weight excluding hydrogens is 270 g/mol. The number of carbonyl (C=O) groups excluding carboxylic acids is 1. The number of nitrogens with two attached hydrogens (primary N) is 1. The number of primary amides is 1. The Balaban J connectivity index is 1.94. The number of aromatic nitrogens is 1. The van der Waals surface area contributed by atoms with E-state index < -0.39 is 5.91 Å². The number of hydrogen-bond acceptors (Lipinski definition) is 5. The molecule has 2 rings (SSSR count). The van der Waals surface area contributed by atoms with Crippen LogP contribution in [0.1, 0.15) is 11.4 Å². The molecule has 21 heavy (non-hydrogen) atoms. The molecule has 6 nitrogen and oxygen atoms in total. The Morgan fingerprint density at radius 3 is 2.67 bits per heavy atom. The Morgan fingerprint density at radius 2 is 2.00 bits per heavy atom. The first-order valence-electron chi connectivity index (χ1n) is 6.45. The summed E-state index contributed by atoms with van der Waals surface area (Å²) in [5.41, 5.74) is 7.29. The van der Waals surface area contributed by atoms with Crippen LogP contribution in [-0.4, -0.2) is 22.6 Å². The number of anilines is 1. The summed E-state index contributed by atoms with van der Waals surface area (Å²) >= 11 is 0. The third-order valence-electron chi connectivity index (χ3n) is 2.78. The van der Waals surface area contributed by atoms with Crippen LogP contribution < -0.4 is 15.8 Å². The smallest absolute Gasteiger partial charge is 0.255 e. The summed E-state index contributed by atoms with van der Waals surface area (Å²) in [6.45, 7) is 2.14. The van der Waals surface area contributed by atoms with Crippen LogP contribution in [-0.2, 0) is 11.3 Å². The maximum absolute atomic E-state index is 10.6. The van der Waals surface area contributed by atoms with Gasteiger partial charge in [0, 0.05) is 11.4 Å². The number of carbonyl (C=O) groups is 1. The maximum Gasteiger partial charge on any atom is 0.255 e. The Kier molecular flexibility index (Phi) is 4.61. The first kappa shape index (κ1) is 14.6. The molecular formula is C15H17N3O3. The molecule has 0 bridgehead atoms. The number of nitrogens with zero attached hydrogens (tertiary/aromatic N) is 1. The van der Waals surface area contributed by atoms with E-state index in [9.17, 15) is 9.90 Å². The Labute approximate surface area is 122 Å². The van der Waals surface area contributed by atoms with Crippen LogP contribution in [0.5, 0.6) is 11.5 Å². The molecule has 2 aromatic rings. The van der Waals surface area contributed by atoms with Gasteiger partial charge in [0.15, 0.2) is 6.61 Å². The highest BCUT2D eigenvalue weighted by molar-refractivity contribution is 5.75. The molecule has 0 unspecified atom stereocenters. The van der Waals surface area contributed by atoms with E-state index >= 15 is 0 Å². The lowest BCUT2D eigenvalue weighted by molar-refractivity contribution is -0.119. The quantitative estimate of drug-likeness (QED) is 0.749. The minimum Gasteiger partial charge on any atom is -0.506 e. The zero-order chi connectivity index (χ0) is 15.2. The molecule has 0 saturated heterocycles. The van der Waals surface area contributed by atoms with Crippen LogP contribution in [0.4, 0.5) is 5.69 Å². The number of rotatable bonds is 6. The van der Waals surface area contributed by atoms with Crippen LogP contribution in [0.15, 0.2) is 36.4 Å². The fourth-order valence-corrected chi connectivity index (χ4v) is 1.74. The van der Waals surface area contributed by atoms with Crippen LogP contribution in [0, 0.1) is 6.92 Å². The number of aromatic hydroxyl groups is 1. The molecule has 4 N–H and O–H groups in total. The Hall–Kier alpha value is -2.76. The summed E-state index contributed by atoms with van der Waals surface area (Å²) < 4.78 is 5.17. The van der Waals surface area contributed by atoms with Gasteiger partial charge in [-0.2, -0.15) is 0 Å². The molecule has 1 amide bonds.